The fourth-order valence-electron chi connectivity index (χ4n) is 1.96. The molecule has 3 aromatic rings. The fourth-order valence-corrected chi connectivity index (χ4v) is 1.96. The topological polar surface area (TPSA) is 98.2 Å². The number of carboxylic acid groups (broad SMARTS) is 1. The van der Waals surface area contributed by atoms with E-state index in [1.807, 2.05) is 24.4 Å². The highest BCUT2D eigenvalue weighted by Gasteiger charge is 2.18. The lowest BCUT2D eigenvalue weighted by Gasteiger charge is -2.07. The van der Waals surface area contributed by atoms with Crippen molar-refractivity contribution < 1.29 is 9.90 Å². The zero-order valence-electron chi connectivity index (χ0n) is 10.7. The van der Waals surface area contributed by atoms with Crippen LogP contribution in [0.5, 0.6) is 0 Å². The average Bonchev–Trinajstić information content (AvgIpc) is 3.04. The van der Waals surface area contributed by atoms with Crippen molar-refractivity contribution in [3.63, 3.8) is 0 Å². The minimum absolute atomic E-state index is 0.210. The molecule has 0 saturated carbocycles. The monoisotopic (exact) mass is 272 g/mol. The van der Waals surface area contributed by atoms with Crippen LogP contribution in [0, 0.1) is 5.92 Å². The van der Waals surface area contributed by atoms with Crippen molar-refractivity contribution >= 4 is 11.5 Å². The highest BCUT2D eigenvalue weighted by molar-refractivity contribution is 5.75. The molecule has 0 aliphatic carbocycles. The number of aromatic nitrogens is 6. The molecule has 8 nitrogen and oxygen atoms in total. The summed E-state index contributed by atoms with van der Waals surface area (Å²) in [6.07, 6.45) is 3.50. The predicted molar refractivity (Wildman–Crippen MR) is 68.8 cm³/mol. The molecule has 0 fully saturated rings. The Morgan fingerprint density at radius 2 is 2.30 bits per heavy atom. The van der Waals surface area contributed by atoms with Gasteiger partial charge in [-0.3, -0.25) is 4.79 Å². The van der Waals surface area contributed by atoms with Gasteiger partial charge in [-0.05, 0) is 22.6 Å². The molecule has 0 aromatic carbocycles. The summed E-state index contributed by atoms with van der Waals surface area (Å²) in [6, 6.07) is 5.68. The Morgan fingerprint density at radius 1 is 1.45 bits per heavy atom. The van der Waals surface area contributed by atoms with Gasteiger partial charge in [0.2, 0.25) is 0 Å². The van der Waals surface area contributed by atoms with Gasteiger partial charge in [-0.1, -0.05) is 13.0 Å². The Morgan fingerprint density at radius 3 is 3.10 bits per heavy atom. The predicted octanol–water partition coefficient (Wildman–Crippen LogP) is 0.708. The van der Waals surface area contributed by atoms with Crippen LogP contribution in [-0.4, -0.2) is 40.9 Å². The standard InChI is InChI=1S/C12H12N6O2/c1-8(12(19)20)7-18-11(14-15-16-18)9-6-13-17-5-3-2-4-10(9)17/h2-6,8H,7H2,1H3,(H,19,20). The summed E-state index contributed by atoms with van der Waals surface area (Å²) >= 11 is 0. The van der Waals surface area contributed by atoms with E-state index in [-0.39, 0.29) is 6.54 Å². The third-order valence-electron chi connectivity index (χ3n) is 3.07. The summed E-state index contributed by atoms with van der Waals surface area (Å²) in [5.41, 5.74) is 1.64. The first kappa shape index (κ1) is 12.3. The van der Waals surface area contributed by atoms with Gasteiger partial charge in [0.1, 0.15) is 0 Å². The first-order valence-corrected chi connectivity index (χ1v) is 6.08. The Labute approximate surface area is 113 Å². The zero-order valence-corrected chi connectivity index (χ0v) is 10.7. The number of hydrogen-bond donors (Lipinski definition) is 1. The molecule has 3 rings (SSSR count). The Hall–Kier alpha value is -2.77. The summed E-state index contributed by atoms with van der Waals surface area (Å²) in [6.45, 7) is 1.83. The Kier molecular flexibility index (Phi) is 2.90. The third-order valence-corrected chi connectivity index (χ3v) is 3.07. The summed E-state index contributed by atoms with van der Waals surface area (Å²) < 4.78 is 3.21. The quantitative estimate of drug-likeness (QED) is 0.751. The van der Waals surface area contributed by atoms with Crippen molar-refractivity contribution in [1.82, 2.24) is 29.8 Å². The normalized spacial score (nSPS) is 12.7. The van der Waals surface area contributed by atoms with Crippen LogP contribution in [0.15, 0.2) is 30.6 Å². The molecule has 8 heteroatoms. The molecule has 0 aliphatic heterocycles. The van der Waals surface area contributed by atoms with Crippen molar-refractivity contribution in [3.8, 4) is 11.4 Å². The van der Waals surface area contributed by atoms with Crippen LogP contribution in [0.1, 0.15) is 6.92 Å². The molecule has 3 heterocycles. The van der Waals surface area contributed by atoms with E-state index in [2.05, 4.69) is 20.6 Å². The number of carboxylic acids is 1. The molecule has 3 aromatic heterocycles. The maximum absolute atomic E-state index is 10.9. The smallest absolute Gasteiger partial charge is 0.308 e. The molecule has 0 bridgehead atoms. The number of aliphatic carboxylic acids is 1. The molecule has 102 valence electrons. The molecule has 0 radical (unpaired) electrons. The number of nitrogens with zero attached hydrogens (tertiary/aromatic N) is 6. The van der Waals surface area contributed by atoms with Gasteiger partial charge in [0.25, 0.3) is 0 Å². The molecule has 0 spiro atoms. The molecule has 0 amide bonds. The second-order valence-corrected chi connectivity index (χ2v) is 4.51. The number of pyridine rings is 1. The number of tetrazole rings is 1. The van der Waals surface area contributed by atoms with Crippen LogP contribution in [-0.2, 0) is 11.3 Å². The molecule has 1 atom stereocenters. The number of fused-ring (bicyclic) bond motifs is 1. The molecule has 0 saturated heterocycles. The van der Waals surface area contributed by atoms with Gasteiger partial charge in [-0.25, -0.2) is 9.20 Å². The van der Waals surface area contributed by atoms with Crippen LogP contribution in [0.4, 0.5) is 0 Å². The SMILES string of the molecule is CC(Cn1nnnc1-c1cnn2ccccc12)C(=O)O. The molecule has 1 unspecified atom stereocenters. The number of rotatable bonds is 4. The van der Waals surface area contributed by atoms with Crippen molar-refractivity contribution in [3.05, 3.63) is 30.6 Å². The summed E-state index contributed by atoms with van der Waals surface area (Å²) in [5, 5.41) is 24.7. The van der Waals surface area contributed by atoms with Gasteiger partial charge in [-0.2, -0.15) is 5.10 Å². The van der Waals surface area contributed by atoms with Gasteiger partial charge in [0.15, 0.2) is 5.82 Å². The summed E-state index contributed by atoms with van der Waals surface area (Å²) in [4.78, 5) is 10.9. The second kappa shape index (κ2) is 4.72. The molecule has 20 heavy (non-hydrogen) atoms. The largest absolute Gasteiger partial charge is 0.481 e. The van der Waals surface area contributed by atoms with Gasteiger partial charge in [0.05, 0.1) is 29.7 Å². The van der Waals surface area contributed by atoms with Crippen LogP contribution < -0.4 is 0 Å². The third kappa shape index (κ3) is 2.00. The molecule has 1 N–H and O–H groups in total. The highest BCUT2D eigenvalue weighted by atomic mass is 16.4. The van der Waals surface area contributed by atoms with Crippen LogP contribution >= 0.6 is 0 Å². The lowest BCUT2D eigenvalue weighted by Crippen LogP contribution is -2.18. The Balaban J connectivity index is 2.03. The zero-order chi connectivity index (χ0) is 14.1. The van der Waals surface area contributed by atoms with Crippen LogP contribution in [0.25, 0.3) is 16.9 Å². The minimum atomic E-state index is -0.883. The van der Waals surface area contributed by atoms with Gasteiger partial charge >= 0.3 is 5.97 Å². The van der Waals surface area contributed by atoms with E-state index < -0.39 is 11.9 Å². The minimum Gasteiger partial charge on any atom is -0.481 e. The summed E-state index contributed by atoms with van der Waals surface area (Å²) in [7, 11) is 0. The summed E-state index contributed by atoms with van der Waals surface area (Å²) in [5.74, 6) is -0.940. The molecule has 0 aliphatic rings. The van der Waals surface area contributed by atoms with Crippen molar-refractivity contribution in [2.24, 2.45) is 5.92 Å². The number of hydrogen-bond acceptors (Lipinski definition) is 5. The molecular weight excluding hydrogens is 260 g/mol. The van der Waals surface area contributed by atoms with Gasteiger partial charge < -0.3 is 5.11 Å². The first-order chi connectivity index (χ1) is 9.66. The average molecular weight is 272 g/mol. The maximum atomic E-state index is 10.9. The van der Waals surface area contributed by atoms with E-state index in [0.717, 1.165) is 11.1 Å². The van der Waals surface area contributed by atoms with E-state index in [1.54, 1.807) is 17.6 Å². The van der Waals surface area contributed by atoms with Crippen molar-refractivity contribution in [1.29, 1.82) is 0 Å². The van der Waals surface area contributed by atoms with Crippen LogP contribution in [0.3, 0.4) is 0 Å². The van der Waals surface area contributed by atoms with Crippen molar-refractivity contribution in [2.45, 2.75) is 13.5 Å². The first-order valence-electron chi connectivity index (χ1n) is 6.08. The van der Waals surface area contributed by atoms with E-state index in [4.69, 9.17) is 5.11 Å². The Bertz CT molecular complexity index is 762. The lowest BCUT2D eigenvalue weighted by molar-refractivity contribution is -0.141. The van der Waals surface area contributed by atoms with E-state index in [1.165, 1.54) is 4.68 Å². The van der Waals surface area contributed by atoms with E-state index >= 15 is 0 Å². The van der Waals surface area contributed by atoms with Gasteiger partial charge in [0, 0.05) is 6.20 Å². The number of carbonyl (C=O) groups is 1. The van der Waals surface area contributed by atoms with Gasteiger partial charge in [-0.15, -0.1) is 5.10 Å². The maximum Gasteiger partial charge on any atom is 0.308 e. The van der Waals surface area contributed by atoms with E-state index in [9.17, 15) is 4.79 Å². The fraction of sp³-hybridized carbons (Fsp3) is 0.250. The van der Waals surface area contributed by atoms with Crippen LogP contribution in [0.2, 0.25) is 0 Å². The van der Waals surface area contributed by atoms with Crippen molar-refractivity contribution in [2.75, 3.05) is 0 Å². The molecular formula is C12H12N6O2. The second-order valence-electron chi connectivity index (χ2n) is 4.51. The van der Waals surface area contributed by atoms with E-state index in [0.29, 0.717) is 5.82 Å². The highest BCUT2D eigenvalue weighted by Crippen LogP contribution is 2.22. The lowest BCUT2D eigenvalue weighted by atomic mass is 10.2.